The fourth-order valence-corrected chi connectivity index (χ4v) is 4.94. The molecule has 12 nitrogen and oxygen atoms in total. The van der Waals surface area contributed by atoms with Gasteiger partial charge in [-0.2, -0.15) is 4.98 Å². The van der Waals surface area contributed by atoms with E-state index in [9.17, 15) is 18.8 Å². The van der Waals surface area contributed by atoms with Crippen LogP contribution >= 0.6 is 0 Å². The highest BCUT2D eigenvalue weighted by Crippen LogP contribution is 2.26. The van der Waals surface area contributed by atoms with Gasteiger partial charge in [0, 0.05) is 63.5 Å². The summed E-state index contributed by atoms with van der Waals surface area (Å²) in [5.74, 6) is -0.0408. The zero-order valence-electron chi connectivity index (χ0n) is 27.0. The molecule has 4 rings (SSSR count). The van der Waals surface area contributed by atoms with Gasteiger partial charge in [0.2, 0.25) is 17.6 Å². The number of anilines is 1. The van der Waals surface area contributed by atoms with E-state index in [1.165, 1.54) is 20.9 Å². The number of nitrogens with one attached hydrogen (secondary N) is 1. The van der Waals surface area contributed by atoms with Crippen LogP contribution in [0.4, 0.5) is 14.9 Å². The van der Waals surface area contributed by atoms with Gasteiger partial charge >= 0.3 is 6.09 Å². The number of carbonyl (C=O) groups excluding carboxylic acids is 3. The molecule has 1 aliphatic heterocycles. The zero-order valence-corrected chi connectivity index (χ0v) is 27.0. The van der Waals surface area contributed by atoms with Gasteiger partial charge in [0.1, 0.15) is 18.0 Å². The van der Waals surface area contributed by atoms with Crippen molar-refractivity contribution in [2.75, 3.05) is 45.1 Å². The summed E-state index contributed by atoms with van der Waals surface area (Å²) in [5, 5.41) is 10.3. The molecule has 0 bridgehead atoms. The maximum absolute atomic E-state index is 14.3. The minimum atomic E-state index is -0.675. The summed E-state index contributed by atoms with van der Waals surface area (Å²) in [4.78, 5) is 47.0. The van der Waals surface area contributed by atoms with Gasteiger partial charge in [0.05, 0.1) is 6.54 Å². The van der Waals surface area contributed by atoms with Crippen LogP contribution in [0, 0.1) is 19.7 Å². The average molecular weight is 624 g/mol. The van der Waals surface area contributed by atoms with Gasteiger partial charge < -0.3 is 24.4 Å². The molecular formula is C32H42FN7O5. The van der Waals surface area contributed by atoms with E-state index in [4.69, 9.17) is 9.26 Å². The molecule has 3 amide bonds. The second kappa shape index (κ2) is 14.1. The van der Waals surface area contributed by atoms with E-state index in [1.54, 1.807) is 45.8 Å². The Morgan fingerprint density at radius 2 is 1.80 bits per heavy atom. The Kier molecular flexibility index (Phi) is 10.4. The number of ether oxygens (including phenoxy) is 1. The van der Waals surface area contributed by atoms with Crippen molar-refractivity contribution in [2.45, 2.75) is 60.2 Å². The van der Waals surface area contributed by atoms with Crippen molar-refractivity contribution in [3.63, 3.8) is 0 Å². The number of nitrogens with zero attached hydrogens (tertiary/aromatic N) is 6. The van der Waals surface area contributed by atoms with Crippen LogP contribution in [0.15, 0.2) is 40.9 Å². The number of likely N-dealkylation sites (N-methyl/N-ethyl adjacent to an activating group) is 2. The van der Waals surface area contributed by atoms with Crippen molar-refractivity contribution in [3.8, 4) is 11.4 Å². The third kappa shape index (κ3) is 8.56. The maximum atomic E-state index is 14.3. The Morgan fingerprint density at radius 3 is 2.42 bits per heavy atom. The largest absolute Gasteiger partial charge is 0.444 e. The van der Waals surface area contributed by atoms with Crippen molar-refractivity contribution < 1.29 is 28.0 Å². The van der Waals surface area contributed by atoms with E-state index >= 15 is 0 Å². The average Bonchev–Trinajstić information content (AvgIpc) is 3.62. The normalized spacial score (nSPS) is 12.9. The molecular weight excluding hydrogens is 581 g/mol. The number of hydrogen-bond donors (Lipinski definition) is 1. The molecule has 1 aliphatic rings. The first kappa shape index (κ1) is 33.4. The number of amides is 3. The number of halogens is 1. The van der Waals surface area contributed by atoms with Crippen molar-refractivity contribution in [3.05, 3.63) is 64.8 Å². The third-order valence-electron chi connectivity index (χ3n) is 7.49. The third-order valence-corrected chi connectivity index (χ3v) is 7.49. The standard InChI is InChI=1S/C32H42FN7O5/c1-8-38(31(43)44-32(4,5)6)14-15-39(20-29(42)37(7)40-18-24-10-9-11-26(33)25(24)19-40)28(41)17-34-27-13-12-23(16-21(27)2)30-35-22(3)45-36-30/h9-13,16,34H,8,14-15,17-20H2,1-7H3. The van der Waals surface area contributed by atoms with Gasteiger partial charge in [-0.25, -0.2) is 14.2 Å². The number of aromatic nitrogens is 2. The number of aryl methyl sites for hydroxylation is 2. The fraction of sp³-hybridized carbons (Fsp3) is 0.469. The van der Waals surface area contributed by atoms with E-state index in [0.29, 0.717) is 30.4 Å². The molecule has 0 saturated carbocycles. The molecule has 0 radical (unpaired) electrons. The van der Waals surface area contributed by atoms with Crippen LogP contribution in [0.3, 0.4) is 0 Å². The Hall–Kier alpha value is -4.52. The van der Waals surface area contributed by atoms with Crippen molar-refractivity contribution in [1.82, 2.24) is 30.0 Å². The van der Waals surface area contributed by atoms with Crippen LogP contribution in [0.1, 0.15) is 50.3 Å². The topological polar surface area (TPSA) is 124 Å². The Balaban J connectivity index is 1.45. The van der Waals surface area contributed by atoms with Crippen LogP contribution < -0.4 is 5.32 Å². The monoisotopic (exact) mass is 623 g/mol. The molecule has 45 heavy (non-hydrogen) atoms. The molecule has 1 aromatic heterocycles. The lowest BCUT2D eigenvalue weighted by molar-refractivity contribution is -0.151. The molecule has 1 N–H and O–H groups in total. The lowest BCUT2D eigenvalue weighted by Gasteiger charge is -2.32. The number of carbonyl (C=O) groups is 3. The number of rotatable bonds is 11. The summed E-state index contributed by atoms with van der Waals surface area (Å²) in [6.07, 6.45) is -0.497. The van der Waals surface area contributed by atoms with Gasteiger partial charge in [-0.3, -0.25) is 14.6 Å². The molecule has 0 atom stereocenters. The molecule has 242 valence electrons. The zero-order chi connectivity index (χ0) is 32.9. The SMILES string of the molecule is CCN(CCN(CC(=O)N(C)N1Cc2cccc(F)c2C1)C(=O)CNc1ccc(-c2noc(C)n2)cc1C)C(=O)OC(C)(C)C. The van der Waals surface area contributed by atoms with E-state index in [-0.39, 0.29) is 50.4 Å². The molecule has 0 saturated heterocycles. The van der Waals surface area contributed by atoms with Crippen LogP contribution in [0.25, 0.3) is 11.4 Å². The predicted octanol–water partition coefficient (Wildman–Crippen LogP) is 4.38. The van der Waals surface area contributed by atoms with E-state index in [2.05, 4.69) is 15.5 Å². The highest BCUT2D eigenvalue weighted by atomic mass is 19.1. The Morgan fingerprint density at radius 1 is 1.07 bits per heavy atom. The molecule has 0 unspecified atom stereocenters. The lowest BCUT2D eigenvalue weighted by Crippen LogP contribution is -2.50. The van der Waals surface area contributed by atoms with Crippen molar-refractivity contribution in [1.29, 1.82) is 0 Å². The van der Waals surface area contributed by atoms with Crippen LogP contribution in [-0.2, 0) is 27.4 Å². The number of benzene rings is 2. The van der Waals surface area contributed by atoms with Crippen LogP contribution in [0.5, 0.6) is 0 Å². The molecule has 3 aromatic rings. The summed E-state index contributed by atoms with van der Waals surface area (Å²) >= 11 is 0. The second-order valence-corrected chi connectivity index (χ2v) is 12.0. The van der Waals surface area contributed by atoms with Gasteiger partial charge in [-0.1, -0.05) is 17.3 Å². The quantitative estimate of drug-likeness (QED) is 0.331. The molecule has 0 fully saturated rings. The van der Waals surface area contributed by atoms with Gasteiger partial charge in [-0.05, 0) is 70.0 Å². The van der Waals surface area contributed by atoms with E-state index < -0.39 is 11.7 Å². The van der Waals surface area contributed by atoms with Gasteiger partial charge in [0.15, 0.2) is 0 Å². The fourth-order valence-electron chi connectivity index (χ4n) is 4.94. The summed E-state index contributed by atoms with van der Waals surface area (Å²) in [6, 6.07) is 10.5. The maximum Gasteiger partial charge on any atom is 0.410 e. The number of fused-ring (bicyclic) bond motifs is 1. The second-order valence-electron chi connectivity index (χ2n) is 12.0. The molecule has 13 heteroatoms. The number of hydrogen-bond acceptors (Lipinski definition) is 9. The summed E-state index contributed by atoms with van der Waals surface area (Å²) in [6.45, 7) is 11.8. The summed E-state index contributed by atoms with van der Waals surface area (Å²) in [7, 11) is 1.61. The summed E-state index contributed by atoms with van der Waals surface area (Å²) in [5.41, 5.74) is 3.08. The predicted molar refractivity (Wildman–Crippen MR) is 166 cm³/mol. The van der Waals surface area contributed by atoms with E-state index in [1.807, 2.05) is 38.1 Å². The summed E-state index contributed by atoms with van der Waals surface area (Å²) < 4.78 is 24.9. The first-order valence-electron chi connectivity index (χ1n) is 14.9. The number of hydrazine groups is 1. The lowest BCUT2D eigenvalue weighted by atomic mass is 10.1. The van der Waals surface area contributed by atoms with Crippen molar-refractivity contribution in [2.24, 2.45) is 0 Å². The minimum Gasteiger partial charge on any atom is -0.444 e. The first-order chi connectivity index (χ1) is 21.3. The van der Waals surface area contributed by atoms with E-state index in [0.717, 1.165) is 22.4 Å². The highest BCUT2D eigenvalue weighted by molar-refractivity contribution is 5.87. The molecule has 0 aliphatic carbocycles. The Labute approximate surface area is 263 Å². The Bertz CT molecular complexity index is 1540. The minimum absolute atomic E-state index is 0.0859. The molecule has 0 spiro atoms. The first-order valence-corrected chi connectivity index (χ1v) is 14.9. The molecule has 2 heterocycles. The van der Waals surface area contributed by atoms with Crippen molar-refractivity contribution >= 4 is 23.6 Å². The smallest absolute Gasteiger partial charge is 0.410 e. The van der Waals surface area contributed by atoms with Crippen LogP contribution in [-0.4, -0.2) is 93.2 Å². The van der Waals surface area contributed by atoms with Crippen LogP contribution in [0.2, 0.25) is 0 Å². The van der Waals surface area contributed by atoms with Gasteiger partial charge in [-0.15, -0.1) is 0 Å². The van der Waals surface area contributed by atoms with Gasteiger partial charge in [0.25, 0.3) is 5.91 Å². The highest BCUT2D eigenvalue weighted by Gasteiger charge is 2.29. The molecule has 2 aromatic carbocycles.